The Morgan fingerprint density at radius 3 is 1.08 bits per heavy atom. The van der Waals surface area contributed by atoms with E-state index >= 15 is 0 Å². The third kappa shape index (κ3) is 19.5. The van der Waals surface area contributed by atoms with Crippen LogP contribution in [-0.4, -0.2) is 168 Å². The van der Waals surface area contributed by atoms with Gasteiger partial charge >= 0.3 is 5.97 Å². The molecule has 3 aliphatic heterocycles. The molecule has 12 heterocycles. The zero-order chi connectivity index (χ0) is 70.1. The number of rotatable bonds is 20. The quantitative estimate of drug-likeness (QED) is 0.0344. The van der Waals surface area contributed by atoms with Gasteiger partial charge in [-0.3, -0.25) is 19.2 Å². The summed E-state index contributed by atoms with van der Waals surface area (Å²) < 4.78 is 5.72. The highest BCUT2D eigenvalue weighted by Crippen LogP contribution is 2.35. The van der Waals surface area contributed by atoms with Crippen molar-refractivity contribution in [1.29, 1.82) is 0 Å². The number of aliphatic hydroxyl groups excluding tert-OH is 1. The van der Waals surface area contributed by atoms with Crippen LogP contribution in [-0.2, 0) is 24.1 Å². The lowest BCUT2D eigenvalue weighted by Gasteiger charge is -2.34. The molecule has 0 unspecified atom stereocenters. The summed E-state index contributed by atoms with van der Waals surface area (Å²) in [5.74, 6) is -1.60. The highest BCUT2D eigenvalue weighted by molar-refractivity contribution is 6.06. The molecule has 520 valence electrons. The second kappa shape index (κ2) is 31.0. The summed E-state index contributed by atoms with van der Waals surface area (Å²) in [6, 6.07) is 22.1. The lowest BCUT2D eigenvalue weighted by Crippen LogP contribution is -2.43. The average molecular weight is 1340 g/mol. The number of anilines is 6. The molecule has 3 amide bonds. The Morgan fingerprint density at radius 2 is 0.786 bits per heavy atom. The van der Waals surface area contributed by atoms with Crippen molar-refractivity contribution in [1.82, 2.24) is 48.4 Å². The van der Waals surface area contributed by atoms with E-state index in [1.807, 2.05) is 120 Å². The van der Waals surface area contributed by atoms with E-state index in [9.17, 15) is 44.7 Å². The van der Waals surface area contributed by atoms with Gasteiger partial charge in [-0.25, -0.2) is 29.9 Å². The number of amides is 3. The molecular formula is C73H94N16O9. The molecular weight excluding hydrogens is 1240 g/mol. The zero-order valence-corrected chi connectivity index (χ0v) is 57.7. The SMILES string of the molecule is Cc1cccc(C(=O)Nc2cn3cc(CCC(C)(C)O)nc3cc2N2CCC(C(=O)O)CC2)n1.Cc1cccc(C(=O)Nc2cn3cc(CCC(C)(C)O)nc3cc2N2CCC(CO)CC2)n1.Cc1cccc(C(=O)Nc2cn3cc(CCC(C)(C)O)nc3cc2N2CCNCC2)n1. The molecule has 12 rings (SSSR count). The van der Waals surface area contributed by atoms with Gasteiger partial charge in [-0.2, -0.15) is 0 Å². The maximum atomic E-state index is 13.0. The number of hydrogen-bond donors (Lipinski definition) is 9. The number of piperazine rings is 1. The smallest absolute Gasteiger partial charge is 0.306 e. The van der Waals surface area contributed by atoms with E-state index in [1.54, 1.807) is 65.8 Å². The van der Waals surface area contributed by atoms with Crippen LogP contribution in [0.4, 0.5) is 34.1 Å². The van der Waals surface area contributed by atoms with Gasteiger partial charge in [-0.1, -0.05) is 18.2 Å². The molecule has 25 nitrogen and oxygen atoms in total. The summed E-state index contributed by atoms with van der Waals surface area (Å²) >= 11 is 0. The number of aromatic nitrogens is 9. The van der Waals surface area contributed by atoms with Crippen molar-refractivity contribution in [3.63, 3.8) is 0 Å². The largest absolute Gasteiger partial charge is 0.481 e. The lowest BCUT2D eigenvalue weighted by molar-refractivity contribution is -0.142. The van der Waals surface area contributed by atoms with Crippen LogP contribution in [0, 0.1) is 32.6 Å². The van der Waals surface area contributed by atoms with E-state index in [0.29, 0.717) is 98.8 Å². The minimum atomic E-state index is -0.782. The second-order valence-electron chi connectivity index (χ2n) is 28.0. The van der Waals surface area contributed by atoms with Crippen LogP contribution < -0.4 is 36.0 Å². The number of carboxylic acids is 1. The molecule has 0 saturated carbocycles. The molecule has 25 heteroatoms. The summed E-state index contributed by atoms with van der Waals surface area (Å²) in [5, 5.41) is 61.5. The van der Waals surface area contributed by atoms with E-state index in [4.69, 9.17) is 15.0 Å². The average Bonchev–Trinajstić information content (AvgIpc) is 1.55. The monoisotopic (exact) mass is 1340 g/mol. The van der Waals surface area contributed by atoms with E-state index in [-0.39, 0.29) is 30.2 Å². The third-order valence-electron chi connectivity index (χ3n) is 17.8. The minimum Gasteiger partial charge on any atom is -0.481 e. The van der Waals surface area contributed by atoms with Crippen LogP contribution in [0.1, 0.15) is 152 Å². The second-order valence-corrected chi connectivity index (χ2v) is 28.0. The Bertz CT molecular complexity index is 4270. The van der Waals surface area contributed by atoms with Crippen molar-refractivity contribution in [3.05, 3.63) is 161 Å². The van der Waals surface area contributed by atoms with Crippen molar-refractivity contribution in [2.75, 3.05) is 89.6 Å². The van der Waals surface area contributed by atoms with Crippen molar-refractivity contribution in [3.8, 4) is 0 Å². The Hall–Kier alpha value is -9.40. The number of carbonyl (C=O) groups excluding carboxylic acids is 3. The first-order valence-corrected chi connectivity index (χ1v) is 33.9. The summed E-state index contributed by atoms with van der Waals surface area (Å²) in [6.45, 7) is 22.8. The van der Waals surface area contributed by atoms with E-state index in [1.165, 1.54) is 0 Å². The van der Waals surface area contributed by atoms with Gasteiger partial charge in [-0.15, -0.1) is 0 Å². The van der Waals surface area contributed by atoms with Crippen LogP contribution in [0.3, 0.4) is 0 Å². The van der Waals surface area contributed by atoms with Gasteiger partial charge in [0.05, 0.1) is 73.9 Å². The number of nitrogens with zero attached hydrogens (tertiary/aromatic N) is 12. The molecule has 0 aromatic carbocycles. The first-order valence-electron chi connectivity index (χ1n) is 33.9. The number of hydrogen-bond acceptors (Lipinski definition) is 18. The number of imidazole rings is 3. The number of carbonyl (C=O) groups is 4. The molecule has 3 aliphatic rings. The molecule has 0 radical (unpaired) electrons. The van der Waals surface area contributed by atoms with E-state index < -0.39 is 22.8 Å². The number of carboxylic acid groups (broad SMARTS) is 1. The van der Waals surface area contributed by atoms with Crippen molar-refractivity contribution in [2.24, 2.45) is 11.8 Å². The Labute approximate surface area is 571 Å². The van der Waals surface area contributed by atoms with Crippen molar-refractivity contribution < 1.29 is 44.7 Å². The summed E-state index contributed by atoms with van der Waals surface area (Å²) in [5.41, 5.74) is 10.9. The van der Waals surface area contributed by atoms with Crippen LogP contribution in [0.5, 0.6) is 0 Å². The van der Waals surface area contributed by atoms with Gasteiger partial charge in [0.1, 0.15) is 34.0 Å². The predicted molar refractivity (Wildman–Crippen MR) is 380 cm³/mol. The zero-order valence-electron chi connectivity index (χ0n) is 57.7. The number of fused-ring (bicyclic) bond motifs is 3. The minimum absolute atomic E-state index is 0.209. The molecule has 0 atom stereocenters. The molecule has 9 aromatic heterocycles. The normalized spacial score (nSPS) is 15.0. The van der Waals surface area contributed by atoms with Gasteiger partial charge in [-0.05, 0) is 169 Å². The van der Waals surface area contributed by atoms with Gasteiger partial charge in [0.2, 0.25) is 0 Å². The number of pyridine rings is 6. The molecule has 9 N–H and O–H groups in total. The predicted octanol–water partition coefficient (Wildman–Crippen LogP) is 8.90. The molecule has 0 spiro atoms. The number of piperidine rings is 2. The maximum Gasteiger partial charge on any atom is 0.306 e. The molecule has 98 heavy (non-hydrogen) atoms. The first kappa shape index (κ1) is 71.4. The highest BCUT2D eigenvalue weighted by atomic mass is 16.4. The molecule has 9 aromatic rings. The lowest BCUT2D eigenvalue weighted by atomic mass is 9.96. The van der Waals surface area contributed by atoms with Gasteiger partial charge in [0.15, 0.2) is 0 Å². The van der Waals surface area contributed by atoms with Crippen molar-refractivity contribution in [2.45, 2.75) is 143 Å². The summed E-state index contributed by atoms with van der Waals surface area (Å²) in [6.07, 6.45) is 18.1. The maximum absolute atomic E-state index is 13.0. The van der Waals surface area contributed by atoms with E-state index in [2.05, 4.69) is 50.9 Å². The van der Waals surface area contributed by atoms with Gasteiger partial charge < -0.3 is 74.7 Å². The fourth-order valence-corrected chi connectivity index (χ4v) is 12.2. The fraction of sp³-hybridized carbons (Fsp3) is 0.452. The number of aliphatic hydroxyl groups is 4. The number of aryl methyl sites for hydroxylation is 6. The Kier molecular flexibility index (Phi) is 22.6. The van der Waals surface area contributed by atoms with E-state index in [0.717, 1.165) is 126 Å². The molecule has 0 aliphatic carbocycles. The topological polar surface area (TPSA) is 318 Å². The van der Waals surface area contributed by atoms with Crippen LogP contribution in [0.25, 0.3) is 16.9 Å². The Balaban J connectivity index is 0.000000159. The van der Waals surface area contributed by atoms with Gasteiger partial charge in [0, 0.05) is 131 Å². The molecule has 3 fully saturated rings. The highest BCUT2D eigenvalue weighted by Gasteiger charge is 2.29. The molecule has 3 saturated heterocycles. The van der Waals surface area contributed by atoms with Crippen LogP contribution in [0.15, 0.2) is 110 Å². The summed E-state index contributed by atoms with van der Waals surface area (Å²) in [7, 11) is 0. The summed E-state index contributed by atoms with van der Waals surface area (Å²) in [4.78, 5) is 84.1. The third-order valence-corrected chi connectivity index (χ3v) is 17.8. The number of nitrogens with one attached hydrogen (secondary N) is 4. The van der Waals surface area contributed by atoms with Gasteiger partial charge in [0.25, 0.3) is 17.7 Å². The van der Waals surface area contributed by atoms with Crippen LogP contribution >= 0.6 is 0 Å². The molecule has 0 bridgehead atoms. The number of aliphatic carboxylic acids is 1. The van der Waals surface area contributed by atoms with Crippen LogP contribution in [0.2, 0.25) is 0 Å². The fourth-order valence-electron chi connectivity index (χ4n) is 12.2. The van der Waals surface area contributed by atoms with Crippen molar-refractivity contribution >= 4 is 74.8 Å². The Morgan fingerprint density at radius 1 is 0.469 bits per heavy atom. The standard InChI is InChI=1S/C25H31N5O4.C25H33N5O3.C23H30N6O2/c1-16-5-4-6-19(26-16)23(31)28-20-15-30-14-18(7-10-25(2,3)34)27-22(30)13-21(20)29-11-8-17(9-12-29)24(32)33;1-17-5-4-6-20(26-17)24(32)28-21-15-30-14-19(7-10-25(2,3)33)27-23(30)13-22(21)29-11-8-18(16-31)9-12-29;1-16-5-4-6-18(25-16)22(30)27-19-15-29-14-17(7-8-23(2,3)31)26-21(29)13-20(19)28-11-9-24-10-12-28/h4-6,13-15,17,34H,7-12H2,1-3H3,(H,28,31)(H,32,33);4-6,13-15,18,31,33H,7-12,16H2,1-3H3,(H,28,32);4-6,13-15,24,31H,7-12H2,1-3H3,(H,27,30). The first-order chi connectivity index (χ1) is 46.6.